The van der Waals surface area contributed by atoms with E-state index >= 15 is 0 Å². The van der Waals surface area contributed by atoms with E-state index in [1.165, 1.54) is 44.9 Å². The van der Waals surface area contributed by atoms with Crippen molar-refractivity contribution < 1.29 is 13.9 Å². The number of esters is 1. The van der Waals surface area contributed by atoms with Crippen LogP contribution in [0.3, 0.4) is 0 Å². The van der Waals surface area contributed by atoms with Gasteiger partial charge in [0.2, 0.25) is 0 Å². The van der Waals surface area contributed by atoms with Crippen LogP contribution in [0.2, 0.25) is 0 Å². The molecule has 0 unspecified atom stereocenters. The third kappa shape index (κ3) is 3.01. The van der Waals surface area contributed by atoms with Crippen LogP contribution >= 0.6 is 0 Å². The summed E-state index contributed by atoms with van der Waals surface area (Å²) < 4.78 is 18.4. The summed E-state index contributed by atoms with van der Waals surface area (Å²) in [6, 6.07) is 5.31. The summed E-state index contributed by atoms with van der Waals surface area (Å²) >= 11 is 0. The highest BCUT2D eigenvalue weighted by Crippen LogP contribution is 2.44. The van der Waals surface area contributed by atoms with Gasteiger partial charge in [0.15, 0.2) is 0 Å². The molecule has 0 atom stereocenters. The van der Waals surface area contributed by atoms with E-state index in [1.807, 2.05) is 0 Å². The zero-order chi connectivity index (χ0) is 14.1. The van der Waals surface area contributed by atoms with Crippen LogP contribution in [0.15, 0.2) is 18.2 Å². The quantitative estimate of drug-likeness (QED) is 0.813. The molecule has 2 saturated carbocycles. The summed E-state index contributed by atoms with van der Waals surface area (Å²) in [6.07, 6.45) is 5.29. The average Bonchev–Trinajstić information content (AvgIpc) is 3.31. The molecular formula is C16H20FNO2. The van der Waals surface area contributed by atoms with Gasteiger partial charge in [-0.25, -0.2) is 9.18 Å². The molecule has 4 heteroatoms. The lowest BCUT2D eigenvalue weighted by Gasteiger charge is -2.17. The second kappa shape index (κ2) is 5.52. The Hall–Kier alpha value is -1.42. The van der Waals surface area contributed by atoms with Gasteiger partial charge in [-0.05, 0) is 55.2 Å². The average molecular weight is 277 g/mol. The molecule has 1 aromatic carbocycles. The normalized spacial score (nSPS) is 18.4. The molecule has 2 fully saturated rings. The lowest BCUT2D eigenvalue weighted by Crippen LogP contribution is -2.32. The fourth-order valence-electron chi connectivity index (χ4n) is 2.81. The molecule has 1 N–H and O–H groups in total. The number of rotatable bonds is 6. The number of methoxy groups -OCH3 is 1. The third-order valence-corrected chi connectivity index (χ3v) is 4.24. The van der Waals surface area contributed by atoms with Crippen LogP contribution in [0.1, 0.15) is 41.6 Å². The summed E-state index contributed by atoms with van der Waals surface area (Å²) in [5.74, 6) is 0.504. The van der Waals surface area contributed by atoms with Crippen molar-refractivity contribution in [1.82, 2.24) is 5.32 Å². The van der Waals surface area contributed by atoms with Crippen molar-refractivity contribution in [1.29, 1.82) is 0 Å². The molecule has 3 rings (SSSR count). The summed E-state index contributed by atoms with van der Waals surface area (Å²) in [7, 11) is 1.26. The zero-order valence-electron chi connectivity index (χ0n) is 11.7. The predicted octanol–water partition coefficient (Wildman–Crippen LogP) is 2.89. The van der Waals surface area contributed by atoms with Gasteiger partial charge in [-0.3, -0.25) is 0 Å². The fraction of sp³-hybridized carbons (Fsp3) is 0.562. The van der Waals surface area contributed by atoms with Gasteiger partial charge in [-0.15, -0.1) is 0 Å². The van der Waals surface area contributed by atoms with E-state index in [0.717, 1.165) is 17.4 Å². The van der Waals surface area contributed by atoms with Crippen LogP contribution in [-0.2, 0) is 11.3 Å². The molecule has 0 radical (unpaired) electrons. The number of hydrogen-bond donors (Lipinski definition) is 1. The Kier molecular flexibility index (Phi) is 3.74. The fourth-order valence-corrected chi connectivity index (χ4v) is 2.81. The van der Waals surface area contributed by atoms with Gasteiger partial charge in [-0.2, -0.15) is 0 Å². The molecule has 1 aromatic rings. The molecule has 2 aliphatic rings. The van der Waals surface area contributed by atoms with Crippen molar-refractivity contribution in [2.75, 3.05) is 7.11 Å². The molecule has 108 valence electrons. The number of carbonyl (C=O) groups is 1. The van der Waals surface area contributed by atoms with E-state index in [1.54, 1.807) is 6.07 Å². The van der Waals surface area contributed by atoms with Crippen molar-refractivity contribution in [3.63, 3.8) is 0 Å². The van der Waals surface area contributed by atoms with Crippen LogP contribution in [0.5, 0.6) is 0 Å². The minimum atomic E-state index is -0.629. The first-order valence-electron chi connectivity index (χ1n) is 7.29. The molecule has 0 amide bonds. The van der Waals surface area contributed by atoms with Gasteiger partial charge >= 0.3 is 5.97 Å². The maximum Gasteiger partial charge on any atom is 0.340 e. The first-order valence-corrected chi connectivity index (χ1v) is 7.29. The molecule has 3 nitrogen and oxygen atoms in total. The third-order valence-electron chi connectivity index (χ3n) is 4.24. The number of hydrogen-bond acceptors (Lipinski definition) is 3. The van der Waals surface area contributed by atoms with Gasteiger partial charge in [0.1, 0.15) is 5.82 Å². The van der Waals surface area contributed by atoms with Crippen LogP contribution < -0.4 is 5.32 Å². The lowest BCUT2D eigenvalue weighted by molar-refractivity contribution is 0.0595. The highest BCUT2D eigenvalue weighted by Gasteiger charge is 2.40. The molecule has 0 bridgehead atoms. The summed E-state index contributed by atoms with van der Waals surface area (Å²) in [5, 5.41) is 3.57. The Morgan fingerprint density at radius 1 is 1.35 bits per heavy atom. The van der Waals surface area contributed by atoms with E-state index < -0.39 is 11.8 Å². The molecule has 20 heavy (non-hydrogen) atoms. The summed E-state index contributed by atoms with van der Waals surface area (Å²) in [5.41, 5.74) is 0.874. The molecule has 2 aliphatic carbocycles. The maximum atomic E-state index is 13.8. The maximum absolute atomic E-state index is 13.8. The highest BCUT2D eigenvalue weighted by molar-refractivity contribution is 5.89. The van der Waals surface area contributed by atoms with Crippen LogP contribution in [0.4, 0.5) is 4.39 Å². The minimum absolute atomic E-state index is 0.00261. The van der Waals surface area contributed by atoms with Gasteiger partial charge in [-0.1, -0.05) is 6.07 Å². The predicted molar refractivity (Wildman–Crippen MR) is 73.8 cm³/mol. The Balaban J connectivity index is 1.62. The van der Waals surface area contributed by atoms with Crippen molar-refractivity contribution in [3.05, 3.63) is 35.1 Å². The summed E-state index contributed by atoms with van der Waals surface area (Å²) in [6.45, 7) is 0.663. The number of nitrogens with one attached hydrogen (secondary N) is 1. The second-order valence-electron chi connectivity index (χ2n) is 5.89. The van der Waals surface area contributed by atoms with Gasteiger partial charge < -0.3 is 10.1 Å². The topological polar surface area (TPSA) is 38.3 Å². The van der Waals surface area contributed by atoms with E-state index in [0.29, 0.717) is 12.6 Å². The molecule has 0 heterocycles. The van der Waals surface area contributed by atoms with Gasteiger partial charge in [0.25, 0.3) is 0 Å². The Bertz CT molecular complexity index is 497. The zero-order valence-corrected chi connectivity index (χ0v) is 11.7. The molecule has 0 aliphatic heterocycles. The first-order chi connectivity index (χ1) is 9.69. The monoisotopic (exact) mass is 277 g/mol. The van der Waals surface area contributed by atoms with Crippen LogP contribution in [0.25, 0.3) is 0 Å². The number of carbonyl (C=O) groups excluding carboxylic acids is 1. The number of benzene rings is 1. The van der Waals surface area contributed by atoms with E-state index in [9.17, 15) is 9.18 Å². The first kappa shape index (κ1) is 13.6. The lowest BCUT2D eigenvalue weighted by atomic mass is 10.1. The number of ether oxygens (including phenoxy) is 1. The highest BCUT2D eigenvalue weighted by atomic mass is 19.1. The largest absolute Gasteiger partial charge is 0.465 e. The van der Waals surface area contributed by atoms with E-state index in [4.69, 9.17) is 0 Å². The van der Waals surface area contributed by atoms with Gasteiger partial charge in [0, 0.05) is 12.6 Å². The second-order valence-corrected chi connectivity index (χ2v) is 5.89. The number of halogens is 1. The Morgan fingerprint density at radius 3 is 2.50 bits per heavy atom. The smallest absolute Gasteiger partial charge is 0.340 e. The molecule has 0 spiro atoms. The molecule has 0 saturated heterocycles. The van der Waals surface area contributed by atoms with Gasteiger partial charge in [0.05, 0.1) is 12.7 Å². The van der Waals surface area contributed by atoms with Crippen molar-refractivity contribution in [2.45, 2.75) is 38.3 Å². The van der Waals surface area contributed by atoms with Crippen LogP contribution in [-0.4, -0.2) is 19.1 Å². The SMILES string of the molecule is COC(=O)c1ccc(CNC(C2CC2)C2CC2)cc1F. The molecule has 0 aromatic heterocycles. The summed E-state index contributed by atoms with van der Waals surface area (Å²) in [4.78, 5) is 11.3. The van der Waals surface area contributed by atoms with E-state index in [2.05, 4.69) is 10.1 Å². The minimum Gasteiger partial charge on any atom is -0.465 e. The standard InChI is InChI=1S/C16H20FNO2/c1-20-16(19)13-7-2-10(8-14(13)17)9-18-15(11-3-4-11)12-5-6-12/h2,7-8,11-12,15,18H,3-6,9H2,1H3. The van der Waals surface area contributed by atoms with Crippen molar-refractivity contribution in [3.8, 4) is 0 Å². The van der Waals surface area contributed by atoms with Crippen LogP contribution in [0, 0.1) is 17.7 Å². The molecular weight excluding hydrogens is 257 g/mol. The van der Waals surface area contributed by atoms with Crippen molar-refractivity contribution in [2.24, 2.45) is 11.8 Å². The van der Waals surface area contributed by atoms with Crippen molar-refractivity contribution >= 4 is 5.97 Å². The van der Waals surface area contributed by atoms with E-state index in [-0.39, 0.29) is 5.56 Å². The Labute approximate surface area is 118 Å². The Morgan fingerprint density at radius 2 is 2.00 bits per heavy atom.